The van der Waals surface area contributed by atoms with Crippen LogP contribution < -0.4 is 9.47 Å². The number of carbonyl (C=O) groups is 2. The van der Waals surface area contributed by atoms with E-state index in [0.29, 0.717) is 11.3 Å². The molecule has 2 unspecified atom stereocenters. The maximum Gasteiger partial charge on any atom is 0.416 e. The molecule has 3 aromatic rings. The summed E-state index contributed by atoms with van der Waals surface area (Å²) in [6, 6.07) is 16.6. The van der Waals surface area contributed by atoms with E-state index in [1.165, 1.54) is 18.1 Å². The Morgan fingerprint density at radius 3 is 2.38 bits per heavy atom. The maximum absolute atomic E-state index is 13.6. The number of hydrogen-bond donors (Lipinski definition) is 0. The summed E-state index contributed by atoms with van der Waals surface area (Å²) < 4.78 is 62.8. The topological polar surface area (TPSA) is 74.3 Å². The highest BCUT2D eigenvalue weighted by Gasteiger charge is 2.40. The number of carbonyl (C=O) groups excluding carboxylic acids is 2. The average molecular weight is 544 g/mol. The fraction of sp³-hybridized carbons (Fsp3) is 0.310. The molecule has 1 aliphatic rings. The number of nitrogens with zero attached hydrogens (tertiary/aromatic N) is 1. The SMILES string of the molecule is CCOC(=O)Cc1ccc(OC)c(Oc2ccc(C(F)(F)F)cc2CN2C(=O)OC(c3ccccc3)C2C)c1. The summed E-state index contributed by atoms with van der Waals surface area (Å²) in [6.45, 7) is 3.52. The predicted molar refractivity (Wildman–Crippen MR) is 136 cm³/mol. The number of esters is 1. The number of ether oxygens (including phenoxy) is 4. The van der Waals surface area contributed by atoms with Crippen LogP contribution in [0.25, 0.3) is 0 Å². The average Bonchev–Trinajstić information content (AvgIpc) is 3.18. The molecule has 0 aliphatic carbocycles. The van der Waals surface area contributed by atoms with E-state index in [1.54, 1.807) is 32.0 Å². The Morgan fingerprint density at radius 2 is 1.72 bits per heavy atom. The molecule has 10 heteroatoms. The van der Waals surface area contributed by atoms with Crippen LogP contribution in [0.4, 0.5) is 18.0 Å². The molecule has 2 atom stereocenters. The first-order valence-corrected chi connectivity index (χ1v) is 12.3. The normalized spacial score (nSPS) is 17.1. The lowest BCUT2D eigenvalue weighted by Gasteiger charge is -2.23. The molecule has 0 spiro atoms. The Kier molecular flexibility index (Phi) is 8.32. The van der Waals surface area contributed by atoms with Crippen LogP contribution in [-0.4, -0.2) is 36.7 Å². The molecule has 206 valence electrons. The van der Waals surface area contributed by atoms with E-state index in [9.17, 15) is 22.8 Å². The molecule has 0 bridgehead atoms. The van der Waals surface area contributed by atoms with Crippen molar-refractivity contribution in [1.29, 1.82) is 0 Å². The van der Waals surface area contributed by atoms with Crippen molar-refractivity contribution in [2.45, 2.75) is 45.1 Å². The van der Waals surface area contributed by atoms with Crippen LogP contribution in [0.15, 0.2) is 66.7 Å². The molecule has 1 saturated heterocycles. The fourth-order valence-corrected chi connectivity index (χ4v) is 4.37. The van der Waals surface area contributed by atoms with Gasteiger partial charge in [-0.1, -0.05) is 36.4 Å². The second-order valence-corrected chi connectivity index (χ2v) is 8.97. The van der Waals surface area contributed by atoms with Gasteiger partial charge in [-0.05, 0) is 55.3 Å². The van der Waals surface area contributed by atoms with Crippen molar-refractivity contribution in [2.75, 3.05) is 13.7 Å². The van der Waals surface area contributed by atoms with Gasteiger partial charge in [-0.2, -0.15) is 13.2 Å². The number of rotatable bonds is 9. The molecule has 1 amide bonds. The minimum atomic E-state index is -4.60. The van der Waals surface area contributed by atoms with E-state index in [-0.39, 0.29) is 36.6 Å². The number of alkyl halides is 3. The van der Waals surface area contributed by atoms with Crippen molar-refractivity contribution >= 4 is 12.1 Å². The molecule has 0 saturated carbocycles. The number of cyclic esters (lactones) is 1. The van der Waals surface area contributed by atoms with Crippen LogP contribution in [0.5, 0.6) is 17.2 Å². The lowest BCUT2D eigenvalue weighted by molar-refractivity contribution is -0.142. The molecular weight excluding hydrogens is 515 g/mol. The van der Waals surface area contributed by atoms with Gasteiger partial charge in [0.15, 0.2) is 11.5 Å². The Labute approximate surface area is 224 Å². The lowest BCUT2D eigenvalue weighted by Crippen LogP contribution is -2.31. The summed E-state index contributed by atoms with van der Waals surface area (Å²) in [4.78, 5) is 26.1. The third-order valence-electron chi connectivity index (χ3n) is 6.35. The zero-order chi connectivity index (χ0) is 28.2. The van der Waals surface area contributed by atoms with Gasteiger partial charge in [-0.25, -0.2) is 4.79 Å². The molecule has 39 heavy (non-hydrogen) atoms. The number of benzene rings is 3. The van der Waals surface area contributed by atoms with E-state index >= 15 is 0 Å². The van der Waals surface area contributed by atoms with Crippen molar-refractivity contribution in [2.24, 2.45) is 0 Å². The predicted octanol–water partition coefficient (Wildman–Crippen LogP) is 6.69. The summed E-state index contributed by atoms with van der Waals surface area (Å²) in [6.07, 6.45) is -5.84. The monoisotopic (exact) mass is 543 g/mol. The Morgan fingerprint density at radius 1 is 1.00 bits per heavy atom. The summed E-state index contributed by atoms with van der Waals surface area (Å²) >= 11 is 0. The molecule has 4 rings (SSSR count). The molecule has 1 heterocycles. The first-order valence-electron chi connectivity index (χ1n) is 12.3. The number of amides is 1. The minimum absolute atomic E-state index is 0.0218. The van der Waals surface area contributed by atoms with Gasteiger partial charge < -0.3 is 18.9 Å². The van der Waals surface area contributed by atoms with E-state index in [1.807, 2.05) is 30.3 Å². The van der Waals surface area contributed by atoms with Crippen molar-refractivity contribution < 1.29 is 41.7 Å². The summed E-state index contributed by atoms with van der Waals surface area (Å²) in [5.74, 6) is 0.169. The highest BCUT2D eigenvalue weighted by atomic mass is 19.4. The number of methoxy groups -OCH3 is 1. The molecule has 1 aliphatic heterocycles. The molecule has 7 nitrogen and oxygen atoms in total. The van der Waals surface area contributed by atoms with Crippen LogP contribution in [0.1, 0.15) is 42.2 Å². The van der Waals surface area contributed by atoms with Crippen molar-refractivity contribution in [3.05, 3.63) is 89.0 Å². The number of hydrogen-bond acceptors (Lipinski definition) is 6. The lowest BCUT2D eigenvalue weighted by atomic mass is 10.0. The second kappa shape index (κ2) is 11.7. The van der Waals surface area contributed by atoms with Gasteiger partial charge in [0.05, 0.1) is 38.3 Å². The van der Waals surface area contributed by atoms with E-state index in [4.69, 9.17) is 18.9 Å². The quantitative estimate of drug-likeness (QED) is 0.280. The maximum atomic E-state index is 13.6. The van der Waals surface area contributed by atoms with Gasteiger partial charge in [0.2, 0.25) is 0 Å². The summed E-state index contributed by atoms with van der Waals surface area (Å²) in [5, 5.41) is 0. The Hall–Kier alpha value is -4.21. The molecule has 3 aromatic carbocycles. The van der Waals surface area contributed by atoms with Crippen LogP contribution in [0.3, 0.4) is 0 Å². The van der Waals surface area contributed by atoms with E-state index < -0.39 is 35.9 Å². The minimum Gasteiger partial charge on any atom is -0.493 e. The van der Waals surface area contributed by atoms with Gasteiger partial charge in [-0.15, -0.1) is 0 Å². The van der Waals surface area contributed by atoms with Crippen LogP contribution in [0, 0.1) is 0 Å². The molecule has 0 N–H and O–H groups in total. The second-order valence-electron chi connectivity index (χ2n) is 8.97. The van der Waals surface area contributed by atoms with Gasteiger partial charge in [-0.3, -0.25) is 9.69 Å². The highest BCUT2D eigenvalue weighted by Crippen LogP contribution is 2.40. The third-order valence-corrected chi connectivity index (χ3v) is 6.35. The van der Waals surface area contributed by atoms with Crippen molar-refractivity contribution in [3.8, 4) is 17.2 Å². The number of halogens is 3. The van der Waals surface area contributed by atoms with Crippen LogP contribution >= 0.6 is 0 Å². The Bertz CT molecular complexity index is 1330. The fourth-order valence-electron chi connectivity index (χ4n) is 4.37. The zero-order valence-electron chi connectivity index (χ0n) is 21.7. The van der Waals surface area contributed by atoms with Crippen molar-refractivity contribution in [3.63, 3.8) is 0 Å². The van der Waals surface area contributed by atoms with Gasteiger partial charge in [0, 0.05) is 5.56 Å². The zero-order valence-corrected chi connectivity index (χ0v) is 21.7. The van der Waals surface area contributed by atoms with Crippen molar-refractivity contribution in [1.82, 2.24) is 4.90 Å². The van der Waals surface area contributed by atoms with Crippen LogP contribution in [-0.2, 0) is 33.4 Å². The van der Waals surface area contributed by atoms with Gasteiger partial charge in [0.25, 0.3) is 0 Å². The summed E-state index contributed by atoms with van der Waals surface area (Å²) in [7, 11) is 1.42. The molecule has 0 radical (unpaired) electrons. The Balaban J connectivity index is 1.66. The first kappa shape index (κ1) is 27.8. The van der Waals surface area contributed by atoms with E-state index in [2.05, 4.69) is 0 Å². The molecule has 0 aromatic heterocycles. The van der Waals surface area contributed by atoms with Gasteiger partial charge >= 0.3 is 18.2 Å². The smallest absolute Gasteiger partial charge is 0.416 e. The highest BCUT2D eigenvalue weighted by molar-refractivity contribution is 5.73. The summed E-state index contributed by atoms with van der Waals surface area (Å²) in [5.41, 5.74) is 0.595. The third kappa shape index (κ3) is 6.45. The largest absolute Gasteiger partial charge is 0.493 e. The first-order chi connectivity index (χ1) is 18.6. The molecular formula is C29H28F3NO6. The standard InChI is InChI=1S/C29H28F3NO6/c1-4-37-26(34)15-19-10-12-24(36-3)25(14-19)38-23-13-11-22(29(30,31)32)16-21(23)17-33-18(2)27(39-28(33)35)20-8-6-5-7-9-20/h5-14,16,18,27H,4,15,17H2,1-3H3. The molecule has 1 fully saturated rings. The van der Waals surface area contributed by atoms with Crippen LogP contribution in [0.2, 0.25) is 0 Å². The van der Waals surface area contributed by atoms with E-state index in [0.717, 1.165) is 17.7 Å². The van der Waals surface area contributed by atoms with Gasteiger partial charge in [0.1, 0.15) is 11.9 Å².